The Hall–Kier alpha value is -3.68. The molecule has 0 unspecified atom stereocenters. The summed E-state index contributed by atoms with van der Waals surface area (Å²) in [6, 6.07) is 26.8. The van der Waals surface area contributed by atoms with E-state index in [1.807, 2.05) is 77.4 Å². The molecule has 3 aromatic carbocycles. The van der Waals surface area contributed by atoms with Crippen LogP contribution in [0.4, 0.5) is 5.69 Å². The average molecular weight is 472 g/mol. The number of halogens is 1. The smallest absolute Gasteiger partial charge is 0.234 e. The molecule has 5 rings (SSSR count). The van der Waals surface area contributed by atoms with E-state index in [1.165, 1.54) is 11.8 Å². The highest BCUT2D eigenvalue weighted by molar-refractivity contribution is 7.99. The molecule has 0 atom stereocenters. The van der Waals surface area contributed by atoms with E-state index in [0.29, 0.717) is 21.7 Å². The molecule has 0 bridgehead atoms. The van der Waals surface area contributed by atoms with Crippen molar-refractivity contribution in [1.82, 2.24) is 19.7 Å². The van der Waals surface area contributed by atoms with Gasteiger partial charge in [0.15, 0.2) is 11.0 Å². The lowest BCUT2D eigenvalue weighted by atomic mass is 10.1. The molecule has 0 aliphatic heterocycles. The largest absolute Gasteiger partial charge is 0.325 e. The number of carbonyl (C=O) groups is 1. The van der Waals surface area contributed by atoms with Crippen LogP contribution in [0.5, 0.6) is 0 Å². The number of hydrogen-bond donors (Lipinski definition) is 1. The first-order valence-corrected chi connectivity index (χ1v) is 11.6. The summed E-state index contributed by atoms with van der Waals surface area (Å²) in [6.07, 6.45) is 1.71. The molecule has 33 heavy (non-hydrogen) atoms. The van der Waals surface area contributed by atoms with E-state index in [0.717, 1.165) is 22.1 Å². The fraction of sp³-hybridized carbons (Fsp3) is 0.0400. The monoisotopic (exact) mass is 471 g/mol. The Morgan fingerprint density at radius 3 is 2.52 bits per heavy atom. The molecule has 0 aliphatic rings. The first-order chi connectivity index (χ1) is 16.2. The minimum Gasteiger partial charge on any atom is -0.325 e. The minimum atomic E-state index is -0.124. The molecule has 162 valence electrons. The standard InChI is InChI=1S/C25H18ClN5OS/c26-18-11-13-19(14-12-18)31-24(22-9-3-4-15-27-22)29-30-25(31)33-16-23(32)28-21-10-5-7-17-6-1-2-8-20(17)21/h1-15H,16H2,(H,28,32). The summed E-state index contributed by atoms with van der Waals surface area (Å²) in [5, 5.41) is 15.0. The van der Waals surface area contributed by atoms with Gasteiger partial charge in [-0.15, -0.1) is 10.2 Å². The number of carbonyl (C=O) groups excluding carboxylic acids is 1. The highest BCUT2D eigenvalue weighted by atomic mass is 35.5. The van der Waals surface area contributed by atoms with Crippen LogP contribution < -0.4 is 5.32 Å². The second-order valence-electron chi connectivity index (χ2n) is 7.20. The van der Waals surface area contributed by atoms with Crippen LogP contribution in [0.25, 0.3) is 28.0 Å². The number of nitrogens with one attached hydrogen (secondary N) is 1. The summed E-state index contributed by atoms with van der Waals surface area (Å²) in [6.45, 7) is 0. The fourth-order valence-electron chi connectivity index (χ4n) is 3.50. The van der Waals surface area contributed by atoms with E-state index in [1.54, 1.807) is 18.3 Å². The maximum absolute atomic E-state index is 12.8. The summed E-state index contributed by atoms with van der Waals surface area (Å²) in [7, 11) is 0. The molecule has 1 N–H and O–H groups in total. The zero-order valence-electron chi connectivity index (χ0n) is 17.4. The van der Waals surface area contributed by atoms with Gasteiger partial charge in [0.05, 0.1) is 5.75 Å². The number of aromatic nitrogens is 4. The maximum Gasteiger partial charge on any atom is 0.234 e. The number of thioether (sulfide) groups is 1. The van der Waals surface area contributed by atoms with E-state index in [-0.39, 0.29) is 11.7 Å². The van der Waals surface area contributed by atoms with Crippen LogP contribution in [-0.2, 0) is 4.79 Å². The van der Waals surface area contributed by atoms with Gasteiger partial charge in [-0.3, -0.25) is 14.3 Å². The lowest BCUT2D eigenvalue weighted by Gasteiger charge is -2.11. The van der Waals surface area contributed by atoms with Crippen LogP contribution in [-0.4, -0.2) is 31.4 Å². The maximum atomic E-state index is 12.8. The normalized spacial score (nSPS) is 10.9. The highest BCUT2D eigenvalue weighted by Gasteiger charge is 2.18. The number of amides is 1. The van der Waals surface area contributed by atoms with Gasteiger partial charge in [0.25, 0.3) is 0 Å². The Morgan fingerprint density at radius 1 is 0.909 bits per heavy atom. The first-order valence-electron chi connectivity index (χ1n) is 10.2. The predicted molar refractivity (Wildman–Crippen MR) is 133 cm³/mol. The van der Waals surface area contributed by atoms with Gasteiger partial charge in [-0.25, -0.2) is 0 Å². The molecule has 6 nitrogen and oxygen atoms in total. The van der Waals surface area contributed by atoms with Gasteiger partial charge in [0.1, 0.15) is 5.69 Å². The number of pyridine rings is 1. The third-order valence-electron chi connectivity index (χ3n) is 5.01. The quantitative estimate of drug-likeness (QED) is 0.314. The zero-order chi connectivity index (χ0) is 22.6. The molecule has 1 amide bonds. The number of nitrogens with zero attached hydrogens (tertiary/aromatic N) is 4. The number of benzene rings is 3. The van der Waals surface area contributed by atoms with Crippen LogP contribution >= 0.6 is 23.4 Å². The molecule has 0 saturated heterocycles. The third-order valence-corrected chi connectivity index (χ3v) is 6.19. The molecule has 0 fully saturated rings. The molecule has 0 radical (unpaired) electrons. The van der Waals surface area contributed by atoms with Crippen molar-refractivity contribution < 1.29 is 4.79 Å². The van der Waals surface area contributed by atoms with E-state index in [2.05, 4.69) is 20.5 Å². The number of rotatable bonds is 6. The number of hydrogen-bond acceptors (Lipinski definition) is 5. The molecule has 0 spiro atoms. The summed E-state index contributed by atoms with van der Waals surface area (Å²) in [5.41, 5.74) is 2.31. The van der Waals surface area contributed by atoms with Crippen LogP contribution in [0.2, 0.25) is 5.02 Å². The summed E-state index contributed by atoms with van der Waals surface area (Å²) in [4.78, 5) is 17.2. The van der Waals surface area contributed by atoms with Gasteiger partial charge in [-0.2, -0.15) is 0 Å². The van der Waals surface area contributed by atoms with Crippen LogP contribution in [0, 0.1) is 0 Å². The molecule has 0 aliphatic carbocycles. The third kappa shape index (κ3) is 4.60. The Balaban J connectivity index is 1.41. The van der Waals surface area contributed by atoms with E-state index >= 15 is 0 Å². The highest BCUT2D eigenvalue weighted by Crippen LogP contribution is 2.28. The number of fused-ring (bicyclic) bond motifs is 1. The van der Waals surface area contributed by atoms with Gasteiger partial charge in [0, 0.05) is 28.0 Å². The Kier molecular flexibility index (Phi) is 6.06. The van der Waals surface area contributed by atoms with E-state index in [4.69, 9.17) is 11.6 Å². The van der Waals surface area contributed by atoms with Gasteiger partial charge < -0.3 is 5.32 Å². The zero-order valence-corrected chi connectivity index (χ0v) is 18.9. The minimum absolute atomic E-state index is 0.124. The van der Waals surface area contributed by atoms with Crippen molar-refractivity contribution >= 4 is 45.7 Å². The Labute approximate surface area is 199 Å². The van der Waals surface area contributed by atoms with E-state index < -0.39 is 0 Å². The average Bonchev–Trinajstić information content (AvgIpc) is 3.28. The van der Waals surface area contributed by atoms with Crippen molar-refractivity contribution in [2.24, 2.45) is 0 Å². The second kappa shape index (κ2) is 9.44. The molecule has 5 aromatic rings. The van der Waals surface area contributed by atoms with Crippen molar-refractivity contribution in [2.75, 3.05) is 11.1 Å². The van der Waals surface area contributed by atoms with Gasteiger partial charge >= 0.3 is 0 Å². The summed E-state index contributed by atoms with van der Waals surface area (Å²) >= 11 is 7.39. The Morgan fingerprint density at radius 2 is 1.70 bits per heavy atom. The molecule has 2 aromatic heterocycles. The van der Waals surface area contributed by atoms with Crippen LogP contribution in [0.1, 0.15) is 0 Å². The molecule has 8 heteroatoms. The first kappa shape index (κ1) is 21.2. The molecule has 0 saturated carbocycles. The van der Waals surface area contributed by atoms with Crippen LogP contribution in [0.3, 0.4) is 0 Å². The van der Waals surface area contributed by atoms with Crippen molar-refractivity contribution in [1.29, 1.82) is 0 Å². The topological polar surface area (TPSA) is 72.7 Å². The molecular weight excluding hydrogens is 454 g/mol. The molecular formula is C25H18ClN5OS. The second-order valence-corrected chi connectivity index (χ2v) is 8.58. The number of anilines is 1. The van der Waals surface area contributed by atoms with Gasteiger partial charge in [-0.05, 0) is 47.9 Å². The van der Waals surface area contributed by atoms with Crippen LogP contribution in [0.15, 0.2) is 96.3 Å². The van der Waals surface area contributed by atoms with Crippen molar-refractivity contribution in [3.05, 3.63) is 96.1 Å². The van der Waals surface area contributed by atoms with Crippen molar-refractivity contribution in [3.63, 3.8) is 0 Å². The lowest BCUT2D eigenvalue weighted by molar-refractivity contribution is -0.113. The fourth-order valence-corrected chi connectivity index (χ4v) is 4.38. The summed E-state index contributed by atoms with van der Waals surface area (Å²) in [5.74, 6) is 0.647. The van der Waals surface area contributed by atoms with Gasteiger partial charge in [-0.1, -0.05) is 65.8 Å². The predicted octanol–water partition coefficient (Wildman–Crippen LogP) is 5.87. The SMILES string of the molecule is O=C(CSc1nnc(-c2ccccn2)n1-c1ccc(Cl)cc1)Nc1cccc2ccccc12. The lowest BCUT2D eigenvalue weighted by Crippen LogP contribution is -2.14. The van der Waals surface area contributed by atoms with E-state index in [9.17, 15) is 4.79 Å². The molecule has 2 heterocycles. The Bertz CT molecular complexity index is 1410. The summed E-state index contributed by atoms with van der Waals surface area (Å²) < 4.78 is 1.88. The van der Waals surface area contributed by atoms with Crippen molar-refractivity contribution in [3.8, 4) is 17.2 Å². The van der Waals surface area contributed by atoms with Gasteiger partial charge in [0.2, 0.25) is 5.91 Å². The van der Waals surface area contributed by atoms with Crippen molar-refractivity contribution in [2.45, 2.75) is 5.16 Å².